The van der Waals surface area contributed by atoms with Gasteiger partial charge in [-0.15, -0.1) is 0 Å². The van der Waals surface area contributed by atoms with Gasteiger partial charge in [-0.2, -0.15) is 0 Å². The average molecular weight is 244 g/mol. The first-order chi connectivity index (χ1) is 2.00. The molecule has 0 unspecified atom stereocenters. The van der Waals surface area contributed by atoms with Gasteiger partial charge in [0.1, 0.15) is 0 Å². The van der Waals surface area contributed by atoms with Crippen LogP contribution in [0.1, 0.15) is 0 Å². The van der Waals surface area contributed by atoms with E-state index in [-0.39, 0.29) is 0 Å². The number of rotatable bonds is 0. The van der Waals surface area contributed by atoms with Crippen LogP contribution in [0.3, 0.4) is 0 Å². The van der Waals surface area contributed by atoms with Gasteiger partial charge in [-0.1, -0.05) is 0 Å². The SMILES string of the molecule is [O]=[AlH].[O]=[W]. The zero-order valence-corrected chi connectivity index (χ0v) is 6.28. The van der Waals surface area contributed by atoms with Gasteiger partial charge in [0.25, 0.3) is 0 Å². The predicted molar refractivity (Wildman–Crippen MR) is 8.52 cm³/mol. The van der Waals surface area contributed by atoms with Gasteiger partial charge in [-0.05, 0) is 0 Å². The zero-order valence-electron chi connectivity index (χ0n) is 1.93. The number of hydrogen-bond donors (Lipinski definition) is 0. The van der Waals surface area contributed by atoms with Crippen LogP contribution >= 0.6 is 0 Å². The molecule has 0 N–H and O–H groups in total. The van der Waals surface area contributed by atoms with Gasteiger partial charge in [0.2, 0.25) is 0 Å². The molecule has 4 heteroatoms. The molecule has 0 aliphatic carbocycles. The van der Waals surface area contributed by atoms with Crippen molar-refractivity contribution >= 4 is 16.2 Å². The van der Waals surface area contributed by atoms with E-state index in [0.717, 1.165) is 0 Å². The predicted octanol–water partition coefficient (Wildman–Crippen LogP) is -0.889. The second-order valence-corrected chi connectivity index (χ2v) is 0. The molecule has 0 aliphatic rings. The molecular formula is HAlO2W. The van der Waals surface area contributed by atoms with Crippen LogP contribution in [-0.4, -0.2) is 16.2 Å². The standard InChI is InChI=1S/Al.2O.W.H. The van der Waals surface area contributed by atoms with Crippen molar-refractivity contribution in [3.05, 3.63) is 0 Å². The molecule has 0 saturated heterocycles. The Morgan fingerprint density at radius 2 is 1.25 bits per heavy atom. The van der Waals surface area contributed by atoms with Crippen molar-refractivity contribution < 1.29 is 27.0 Å². The summed E-state index contributed by atoms with van der Waals surface area (Å²) >= 11 is 0.944. The fourth-order valence-electron chi connectivity index (χ4n) is 0. The van der Waals surface area contributed by atoms with E-state index in [1.54, 1.807) is 0 Å². The zero-order chi connectivity index (χ0) is 4.00. The Bertz CT molecular complexity index is 8.00. The number of hydrogen-bond acceptors (Lipinski definition) is 2. The maximum absolute atomic E-state index is 8.33. The van der Waals surface area contributed by atoms with Gasteiger partial charge in [0.05, 0.1) is 0 Å². The van der Waals surface area contributed by atoms with Gasteiger partial charge in [-0.25, -0.2) is 0 Å². The first-order valence-electron chi connectivity index (χ1n) is 0.455. The summed E-state index contributed by atoms with van der Waals surface area (Å²) < 4.78 is 16.6. The second-order valence-electron chi connectivity index (χ2n) is 0. The molecule has 0 amide bonds. The Kier molecular flexibility index (Phi) is 99.8. The summed E-state index contributed by atoms with van der Waals surface area (Å²) in [6, 6.07) is 0. The molecule has 0 rings (SSSR count). The monoisotopic (exact) mass is 244 g/mol. The van der Waals surface area contributed by atoms with Crippen LogP contribution in [0.2, 0.25) is 0 Å². The van der Waals surface area contributed by atoms with E-state index in [0.29, 0.717) is 36.0 Å². The Labute approximate surface area is 43.4 Å². The van der Waals surface area contributed by atoms with Crippen molar-refractivity contribution in [2.24, 2.45) is 0 Å². The Hall–Kier alpha value is 0.821. The first kappa shape index (κ1) is 8.84. The van der Waals surface area contributed by atoms with E-state index < -0.39 is 0 Å². The van der Waals surface area contributed by atoms with Crippen LogP contribution < -0.4 is 0 Å². The van der Waals surface area contributed by atoms with E-state index >= 15 is 0 Å². The molecule has 0 aromatic heterocycles. The van der Waals surface area contributed by atoms with Crippen LogP contribution in [0.15, 0.2) is 0 Å². The molecule has 2 nitrogen and oxygen atoms in total. The molecule has 0 aromatic rings. The van der Waals surface area contributed by atoms with E-state index in [1.807, 2.05) is 0 Å². The van der Waals surface area contributed by atoms with Crippen molar-refractivity contribution in [1.82, 2.24) is 0 Å². The van der Waals surface area contributed by atoms with Gasteiger partial charge < -0.3 is 0 Å². The summed E-state index contributed by atoms with van der Waals surface area (Å²) in [6.45, 7) is 0. The summed E-state index contributed by atoms with van der Waals surface area (Å²) in [6.07, 6.45) is 0. The van der Waals surface area contributed by atoms with Gasteiger partial charge in [-0.3, -0.25) is 0 Å². The van der Waals surface area contributed by atoms with Crippen LogP contribution in [-0.2, 0) is 27.0 Å². The molecule has 0 atom stereocenters. The summed E-state index contributed by atoms with van der Waals surface area (Å²) in [5, 5.41) is 0. The fourth-order valence-corrected chi connectivity index (χ4v) is 0. The Morgan fingerprint density at radius 3 is 1.25 bits per heavy atom. The molecule has 4 heavy (non-hydrogen) atoms. The third-order valence-corrected chi connectivity index (χ3v) is 0. The molecular weight excluding hydrogens is 243 g/mol. The van der Waals surface area contributed by atoms with E-state index in [1.165, 1.54) is 0 Å². The van der Waals surface area contributed by atoms with Gasteiger partial charge in [0.15, 0.2) is 0 Å². The second kappa shape index (κ2) is 45.1. The van der Waals surface area contributed by atoms with Crippen LogP contribution in [0.4, 0.5) is 0 Å². The summed E-state index contributed by atoms with van der Waals surface area (Å²) in [7, 11) is 0. The Morgan fingerprint density at radius 1 is 1.25 bits per heavy atom. The minimum atomic E-state index is 0.333. The fraction of sp³-hybridized carbons (Fsp3) is 0. The molecule has 22 valence electrons. The van der Waals surface area contributed by atoms with Crippen molar-refractivity contribution in [1.29, 1.82) is 0 Å². The molecule has 0 fully saturated rings. The normalized spacial score (nSPS) is 1.75. The third-order valence-electron chi connectivity index (χ3n) is 0. The molecule has 0 heterocycles. The van der Waals surface area contributed by atoms with Gasteiger partial charge >= 0.3 is 43.2 Å². The quantitative estimate of drug-likeness (QED) is 0.518. The van der Waals surface area contributed by atoms with Gasteiger partial charge in [0, 0.05) is 0 Å². The summed E-state index contributed by atoms with van der Waals surface area (Å²) in [5.74, 6) is 0. The third kappa shape index (κ3) is 13.9. The van der Waals surface area contributed by atoms with Crippen molar-refractivity contribution in [3.63, 3.8) is 0 Å². The van der Waals surface area contributed by atoms with E-state index in [9.17, 15) is 0 Å². The van der Waals surface area contributed by atoms with Crippen molar-refractivity contribution in [2.45, 2.75) is 0 Å². The molecule has 0 aliphatic heterocycles. The molecule has 0 saturated carbocycles. The maximum atomic E-state index is 8.33. The van der Waals surface area contributed by atoms with Crippen molar-refractivity contribution in [3.8, 4) is 0 Å². The Balaban J connectivity index is 0. The molecule has 0 aromatic carbocycles. The molecule has 0 bridgehead atoms. The molecule has 0 spiro atoms. The van der Waals surface area contributed by atoms with E-state index in [2.05, 4.69) is 0 Å². The van der Waals surface area contributed by atoms with Crippen LogP contribution in [0.25, 0.3) is 0 Å². The minimum absolute atomic E-state index is 0.333. The summed E-state index contributed by atoms with van der Waals surface area (Å²) in [4.78, 5) is 0. The molecule has 0 radical (unpaired) electrons. The topological polar surface area (TPSA) is 34.1 Å². The van der Waals surface area contributed by atoms with E-state index in [4.69, 9.17) is 7.20 Å². The van der Waals surface area contributed by atoms with Crippen LogP contribution in [0.5, 0.6) is 0 Å². The van der Waals surface area contributed by atoms with Crippen molar-refractivity contribution in [2.75, 3.05) is 0 Å². The summed E-state index contributed by atoms with van der Waals surface area (Å²) in [5.41, 5.74) is 0. The first-order valence-corrected chi connectivity index (χ1v) is 2.23. The van der Waals surface area contributed by atoms with Crippen LogP contribution in [0, 0.1) is 0 Å². The average Bonchev–Trinajstić information content (AvgIpc) is 1.50.